The van der Waals surface area contributed by atoms with Crippen LogP contribution in [0.1, 0.15) is 10.6 Å². The van der Waals surface area contributed by atoms with Gasteiger partial charge < -0.3 is 9.73 Å². The van der Waals surface area contributed by atoms with E-state index in [1.807, 2.05) is 0 Å². The number of hydrogen-bond donors (Lipinski definition) is 1. The van der Waals surface area contributed by atoms with Crippen LogP contribution in [0, 0.1) is 0 Å². The molecule has 2 aromatic heterocycles. The molecule has 0 aliphatic rings. The summed E-state index contributed by atoms with van der Waals surface area (Å²) >= 11 is 0. The van der Waals surface area contributed by atoms with Gasteiger partial charge >= 0.3 is 0 Å². The van der Waals surface area contributed by atoms with Crippen molar-refractivity contribution in [2.45, 2.75) is 0 Å². The summed E-state index contributed by atoms with van der Waals surface area (Å²) in [7, 11) is 1.72. The molecule has 0 amide bonds. The third-order valence-electron chi connectivity index (χ3n) is 1.93. The number of hydrogen-bond acceptors (Lipinski definition) is 4. The predicted octanol–water partition coefficient (Wildman–Crippen LogP) is 1.23. The van der Waals surface area contributed by atoms with Gasteiger partial charge in [0, 0.05) is 17.8 Å². The first-order valence-corrected chi connectivity index (χ1v) is 4.32. The monoisotopic (exact) mass is 190 g/mol. The highest BCUT2D eigenvalue weighted by Gasteiger charge is 2.10. The third kappa shape index (κ3) is 1.52. The maximum atomic E-state index is 11.4. The zero-order chi connectivity index (χ0) is 9.97. The number of Topliss-reactive ketones (excluding diaryl/α,β-unsaturated/α-hetero) is 1. The summed E-state index contributed by atoms with van der Waals surface area (Å²) in [5.41, 5.74) is 0.694. The van der Waals surface area contributed by atoms with Crippen LogP contribution in [0.2, 0.25) is 0 Å². The Bertz CT molecular complexity index is 429. The van der Waals surface area contributed by atoms with Gasteiger partial charge in [-0.25, -0.2) is 0 Å². The molecule has 14 heavy (non-hydrogen) atoms. The van der Waals surface area contributed by atoms with Crippen molar-refractivity contribution in [1.82, 2.24) is 10.3 Å². The van der Waals surface area contributed by atoms with E-state index < -0.39 is 0 Å². The van der Waals surface area contributed by atoms with Gasteiger partial charge in [-0.2, -0.15) is 0 Å². The molecule has 0 aliphatic carbocycles. The number of rotatable bonds is 3. The molecule has 0 radical (unpaired) electrons. The fourth-order valence-electron chi connectivity index (χ4n) is 1.27. The highest BCUT2D eigenvalue weighted by Crippen LogP contribution is 2.17. The van der Waals surface area contributed by atoms with E-state index in [2.05, 4.69) is 10.3 Å². The standard InChI is InChI=1S/C10H10N2O2/c1-11-6-8(13)10-4-7-5-12-3-2-9(7)14-10/h2-5,11H,6H2,1H3. The summed E-state index contributed by atoms with van der Waals surface area (Å²) in [6, 6.07) is 3.45. The van der Waals surface area contributed by atoms with Gasteiger partial charge in [-0.1, -0.05) is 0 Å². The van der Waals surface area contributed by atoms with Gasteiger partial charge in [0.25, 0.3) is 0 Å². The first-order chi connectivity index (χ1) is 6.81. The van der Waals surface area contributed by atoms with Crippen LogP contribution in [-0.4, -0.2) is 24.4 Å². The highest BCUT2D eigenvalue weighted by molar-refractivity contribution is 5.98. The Morgan fingerprint density at radius 1 is 1.64 bits per heavy atom. The maximum absolute atomic E-state index is 11.4. The Balaban J connectivity index is 2.40. The van der Waals surface area contributed by atoms with Crippen LogP contribution in [-0.2, 0) is 0 Å². The lowest BCUT2D eigenvalue weighted by molar-refractivity contribution is 0.0969. The lowest BCUT2D eigenvalue weighted by Gasteiger charge is -1.92. The van der Waals surface area contributed by atoms with Crippen molar-refractivity contribution in [1.29, 1.82) is 0 Å². The summed E-state index contributed by atoms with van der Waals surface area (Å²) in [5.74, 6) is 0.325. The van der Waals surface area contributed by atoms with E-state index >= 15 is 0 Å². The van der Waals surface area contributed by atoms with E-state index in [0.717, 1.165) is 5.39 Å². The molecular formula is C10H10N2O2. The predicted molar refractivity (Wildman–Crippen MR) is 52.3 cm³/mol. The van der Waals surface area contributed by atoms with Crippen molar-refractivity contribution in [2.75, 3.05) is 13.6 Å². The van der Waals surface area contributed by atoms with Crippen LogP contribution in [0.5, 0.6) is 0 Å². The first-order valence-electron chi connectivity index (χ1n) is 4.32. The third-order valence-corrected chi connectivity index (χ3v) is 1.93. The van der Waals surface area contributed by atoms with Gasteiger partial charge in [0.1, 0.15) is 5.58 Å². The molecule has 0 spiro atoms. The molecule has 0 unspecified atom stereocenters. The highest BCUT2D eigenvalue weighted by atomic mass is 16.3. The number of furan rings is 1. The van der Waals surface area contributed by atoms with Crippen molar-refractivity contribution >= 4 is 16.8 Å². The Morgan fingerprint density at radius 3 is 3.21 bits per heavy atom. The smallest absolute Gasteiger partial charge is 0.211 e. The van der Waals surface area contributed by atoms with Crippen molar-refractivity contribution < 1.29 is 9.21 Å². The second-order valence-corrected chi connectivity index (χ2v) is 2.98. The number of carbonyl (C=O) groups excluding carboxylic acids is 1. The fourth-order valence-corrected chi connectivity index (χ4v) is 1.27. The number of fused-ring (bicyclic) bond motifs is 1. The van der Waals surface area contributed by atoms with Crippen LogP contribution in [0.3, 0.4) is 0 Å². The van der Waals surface area contributed by atoms with Crippen LogP contribution < -0.4 is 5.32 Å². The number of aromatic nitrogens is 1. The van der Waals surface area contributed by atoms with Crippen LogP contribution in [0.25, 0.3) is 11.0 Å². The van der Waals surface area contributed by atoms with Crippen LogP contribution in [0.15, 0.2) is 28.9 Å². The zero-order valence-corrected chi connectivity index (χ0v) is 7.78. The zero-order valence-electron chi connectivity index (χ0n) is 7.78. The molecule has 72 valence electrons. The van der Waals surface area contributed by atoms with Crippen molar-refractivity contribution in [2.24, 2.45) is 0 Å². The second-order valence-electron chi connectivity index (χ2n) is 2.98. The van der Waals surface area contributed by atoms with Gasteiger partial charge in [-0.3, -0.25) is 9.78 Å². The van der Waals surface area contributed by atoms with Gasteiger partial charge in [0.2, 0.25) is 5.78 Å². The Labute approximate surface area is 80.9 Å². The number of nitrogens with zero attached hydrogens (tertiary/aromatic N) is 1. The molecule has 2 heterocycles. The van der Waals surface area contributed by atoms with E-state index in [0.29, 0.717) is 11.3 Å². The molecule has 4 nitrogen and oxygen atoms in total. The molecule has 0 aliphatic heterocycles. The van der Waals surface area contributed by atoms with E-state index in [1.54, 1.807) is 31.6 Å². The minimum absolute atomic E-state index is 0.0521. The van der Waals surface area contributed by atoms with Crippen molar-refractivity contribution in [3.05, 3.63) is 30.3 Å². The minimum atomic E-state index is -0.0521. The van der Waals surface area contributed by atoms with Crippen LogP contribution in [0.4, 0.5) is 0 Å². The number of carbonyl (C=O) groups is 1. The summed E-state index contributed by atoms with van der Waals surface area (Å²) < 4.78 is 5.35. The topological polar surface area (TPSA) is 55.1 Å². The second kappa shape index (κ2) is 3.59. The van der Waals surface area contributed by atoms with Gasteiger partial charge in [0.05, 0.1) is 6.54 Å². The lowest BCUT2D eigenvalue weighted by Crippen LogP contribution is -2.17. The number of ketones is 1. The summed E-state index contributed by atoms with van der Waals surface area (Å²) in [5, 5.41) is 3.64. The normalized spacial score (nSPS) is 10.6. The van der Waals surface area contributed by atoms with Gasteiger partial charge in [0.15, 0.2) is 5.76 Å². The molecule has 0 aromatic carbocycles. The first kappa shape index (κ1) is 8.90. The van der Waals surface area contributed by atoms with Gasteiger partial charge in [-0.15, -0.1) is 0 Å². The lowest BCUT2D eigenvalue weighted by atomic mass is 10.2. The average Bonchev–Trinajstić information content (AvgIpc) is 2.61. The molecular weight excluding hydrogens is 180 g/mol. The quantitative estimate of drug-likeness (QED) is 0.739. The average molecular weight is 190 g/mol. The summed E-state index contributed by atoms with van der Waals surface area (Å²) in [6.45, 7) is 0.285. The van der Waals surface area contributed by atoms with E-state index in [1.165, 1.54) is 0 Å². The van der Waals surface area contributed by atoms with E-state index in [4.69, 9.17) is 4.42 Å². The molecule has 0 atom stereocenters. The Hall–Kier alpha value is -1.68. The molecule has 1 N–H and O–H groups in total. The molecule has 0 saturated carbocycles. The largest absolute Gasteiger partial charge is 0.453 e. The summed E-state index contributed by atoms with van der Waals surface area (Å²) in [4.78, 5) is 15.4. The van der Waals surface area contributed by atoms with E-state index in [9.17, 15) is 4.79 Å². The van der Waals surface area contributed by atoms with Crippen molar-refractivity contribution in [3.8, 4) is 0 Å². The Kier molecular flexibility index (Phi) is 2.28. The maximum Gasteiger partial charge on any atom is 0.211 e. The minimum Gasteiger partial charge on any atom is -0.453 e. The van der Waals surface area contributed by atoms with Crippen LogP contribution >= 0.6 is 0 Å². The number of pyridine rings is 1. The number of likely N-dealkylation sites (N-methyl/N-ethyl adjacent to an activating group) is 1. The summed E-state index contributed by atoms with van der Waals surface area (Å²) in [6.07, 6.45) is 3.31. The SMILES string of the molecule is CNCC(=O)c1cc2cnccc2o1. The Morgan fingerprint density at radius 2 is 2.50 bits per heavy atom. The molecule has 0 fully saturated rings. The molecule has 2 aromatic rings. The molecule has 0 saturated heterocycles. The van der Waals surface area contributed by atoms with Crippen molar-refractivity contribution in [3.63, 3.8) is 0 Å². The molecule has 4 heteroatoms. The van der Waals surface area contributed by atoms with Gasteiger partial charge in [-0.05, 0) is 19.2 Å². The molecule has 0 bridgehead atoms. The van der Waals surface area contributed by atoms with E-state index in [-0.39, 0.29) is 12.3 Å². The molecule has 2 rings (SSSR count). The fraction of sp³-hybridized carbons (Fsp3) is 0.200. The number of nitrogens with one attached hydrogen (secondary N) is 1.